The Hall–Kier alpha value is -1.97. The van der Waals surface area contributed by atoms with Crippen molar-refractivity contribution < 1.29 is 14.3 Å². The summed E-state index contributed by atoms with van der Waals surface area (Å²) in [6.45, 7) is 1.04. The summed E-state index contributed by atoms with van der Waals surface area (Å²) < 4.78 is 11.8. The van der Waals surface area contributed by atoms with E-state index in [9.17, 15) is 4.79 Å². The highest BCUT2D eigenvalue weighted by molar-refractivity contribution is 5.82. The third-order valence-corrected chi connectivity index (χ3v) is 3.89. The zero-order valence-electron chi connectivity index (χ0n) is 12.5. The zero-order chi connectivity index (χ0) is 15.2. The third kappa shape index (κ3) is 4.03. The summed E-state index contributed by atoms with van der Waals surface area (Å²) in [5.41, 5.74) is 2.23. The zero-order valence-corrected chi connectivity index (χ0v) is 12.5. The third-order valence-electron chi connectivity index (χ3n) is 3.89. The largest absolute Gasteiger partial charge is 0.370 e. The molecule has 114 valence electrons. The second-order valence-electron chi connectivity index (χ2n) is 5.62. The normalized spacial score (nSPS) is 21.2. The van der Waals surface area contributed by atoms with Crippen LogP contribution in [0.4, 0.5) is 0 Å². The highest BCUT2D eigenvalue weighted by atomic mass is 16.5. The number of benzene rings is 2. The highest BCUT2D eigenvalue weighted by Crippen LogP contribution is 2.24. The van der Waals surface area contributed by atoms with E-state index in [1.807, 2.05) is 60.7 Å². The first kappa shape index (κ1) is 14.9. The van der Waals surface area contributed by atoms with Crippen LogP contribution in [0.1, 0.15) is 24.0 Å². The first-order valence-electron chi connectivity index (χ1n) is 7.64. The van der Waals surface area contributed by atoms with Gasteiger partial charge in [-0.15, -0.1) is 0 Å². The van der Waals surface area contributed by atoms with Gasteiger partial charge < -0.3 is 9.47 Å². The van der Waals surface area contributed by atoms with Crippen molar-refractivity contribution in [1.29, 1.82) is 0 Å². The van der Waals surface area contributed by atoms with E-state index in [-0.39, 0.29) is 18.0 Å². The van der Waals surface area contributed by atoms with E-state index in [1.165, 1.54) is 0 Å². The number of hydrogen-bond acceptors (Lipinski definition) is 3. The first-order chi connectivity index (χ1) is 10.8. The number of Topliss-reactive ketones (excluding diaryl/α,β-unsaturated/α-hetero) is 1. The minimum atomic E-state index is -0.142. The fourth-order valence-corrected chi connectivity index (χ4v) is 2.68. The van der Waals surface area contributed by atoms with Gasteiger partial charge in [0.15, 0.2) is 0 Å². The Morgan fingerprint density at radius 3 is 1.55 bits per heavy atom. The Bertz CT molecular complexity index is 541. The molecule has 1 aliphatic carbocycles. The fourth-order valence-electron chi connectivity index (χ4n) is 2.68. The molecule has 0 unspecified atom stereocenters. The maximum absolute atomic E-state index is 11.7. The molecule has 0 N–H and O–H groups in total. The lowest BCUT2D eigenvalue weighted by Gasteiger charge is -2.20. The lowest BCUT2D eigenvalue weighted by Crippen LogP contribution is -2.26. The number of ketones is 1. The summed E-state index contributed by atoms with van der Waals surface area (Å²) in [6, 6.07) is 20.0. The van der Waals surface area contributed by atoms with Gasteiger partial charge in [-0.3, -0.25) is 4.79 Å². The van der Waals surface area contributed by atoms with Crippen molar-refractivity contribution in [3.63, 3.8) is 0 Å². The topological polar surface area (TPSA) is 35.5 Å². The molecule has 0 heterocycles. The maximum Gasteiger partial charge on any atom is 0.138 e. The van der Waals surface area contributed by atoms with Crippen LogP contribution >= 0.6 is 0 Å². The van der Waals surface area contributed by atoms with Crippen LogP contribution in [0.2, 0.25) is 0 Å². The molecular formula is C19H20O3. The molecule has 0 spiro atoms. The van der Waals surface area contributed by atoms with Gasteiger partial charge in [-0.1, -0.05) is 60.7 Å². The molecule has 0 saturated heterocycles. The van der Waals surface area contributed by atoms with E-state index in [2.05, 4.69) is 0 Å². The van der Waals surface area contributed by atoms with Gasteiger partial charge in [0.25, 0.3) is 0 Å². The molecule has 3 rings (SSSR count). The van der Waals surface area contributed by atoms with Gasteiger partial charge in [0.05, 0.1) is 25.4 Å². The van der Waals surface area contributed by atoms with E-state index in [0.717, 1.165) is 11.1 Å². The smallest absolute Gasteiger partial charge is 0.138 e. The Balaban J connectivity index is 1.54. The van der Waals surface area contributed by atoms with Gasteiger partial charge in [-0.25, -0.2) is 0 Å². The minimum Gasteiger partial charge on any atom is -0.370 e. The van der Waals surface area contributed by atoms with E-state index >= 15 is 0 Å². The lowest BCUT2D eigenvalue weighted by molar-refractivity contribution is -0.118. The molecule has 22 heavy (non-hydrogen) atoms. The number of carbonyl (C=O) groups excluding carboxylic acids is 1. The van der Waals surface area contributed by atoms with Crippen molar-refractivity contribution in [2.24, 2.45) is 0 Å². The van der Waals surface area contributed by atoms with Crippen molar-refractivity contribution >= 4 is 5.78 Å². The summed E-state index contributed by atoms with van der Waals surface area (Å²) in [7, 11) is 0. The molecule has 3 heteroatoms. The van der Waals surface area contributed by atoms with Crippen molar-refractivity contribution in [3.8, 4) is 0 Å². The van der Waals surface area contributed by atoms with Gasteiger partial charge in [0, 0.05) is 12.8 Å². The molecule has 0 aliphatic heterocycles. The number of ether oxygens (including phenoxy) is 2. The van der Waals surface area contributed by atoms with Crippen molar-refractivity contribution in [3.05, 3.63) is 71.8 Å². The average Bonchev–Trinajstić information content (AvgIpc) is 2.93. The standard InChI is InChI=1S/C19H20O3/c20-17-11-18(21-13-15-7-3-1-4-8-15)19(12-17)22-14-16-9-5-2-6-10-16/h1-10,18-19H,11-14H2/t18-,19-/m1/s1. The molecule has 3 nitrogen and oxygen atoms in total. The quantitative estimate of drug-likeness (QED) is 0.818. The first-order valence-corrected chi connectivity index (χ1v) is 7.64. The van der Waals surface area contributed by atoms with Crippen molar-refractivity contribution in [1.82, 2.24) is 0 Å². The van der Waals surface area contributed by atoms with E-state index in [4.69, 9.17) is 9.47 Å². The van der Waals surface area contributed by atoms with Gasteiger partial charge in [-0.2, -0.15) is 0 Å². The predicted octanol–water partition coefficient (Wildman–Crippen LogP) is 3.52. The van der Waals surface area contributed by atoms with Crippen LogP contribution in [0.5, 0.6) is 0 Å². The van der Waals surface area contributed by atoms with Crippen LogP contribution in [0.3, 0.4) is 0 Å². The average molecular weight is 296 g/mol. The van der Waals surface area contributed by atoms with Crippen LogP contribution in [-0.2, 0) is 27.5 Å². The Morgan fingerprint density at radius 1 is 0.727 bits per heavy atom. The fraction of sp³-hybridized carbons (Fsp3) is 0.316. The van der Waals surface area contributed by atoms with E-state index in [0.29, 0.717) is 26.1 Å². The second-order valence-corrected chi connectivity index (χ2v) is 5.62. The molecule has 2 atom stereocenters. The molecule has 0 amide bonds. The van der Waals surface area contributed by atoms with Gasteiger partial charge in [0.2, 0.25) is 0 Å². The van der Waals surface area contributed by atoms with Crippen molar-refractivity contribution in [2.75, 3.05) is 0 Å². The summed E-state index contributed by atoms with van der Waals surface area (Å²) in [6.07, 6.45) is 0.617. The van der Waals surface area contributed by atoms with Gasteiger partial charge >= 0.3 is 0 Å². The molecule has 2 aromatic rings. The lowest BCUT2D eigenvalue weighted by atomic mass is 10.2. The summed E-state index contributed by atoms with van der Waals surface area (Å²) in [5.74, 6) is 0.219. The minimum absolute atomic E-state index is 0.142. The van der Waals surface area contributed by atoms with Crippen LogP contribution in [-0.4, -0.2) is 18.0 Å². The van der Waals surface area contributed by atoms with Crippen molar-refractivity contribution in [2.45, 2.75) is 38.3 Å². The van der Waals surface area contributed by atoms with Gasteiger partial charge in [0.1, 0.15) is 5.78 Å². The molecule has 0 radical (unpaired) electrons. The van der Waals surface area contributed by atoms with Crippen LogP contribution in [0.25, 0.3) is 0 Å². The molecule has 1 saturated carbocycles. The van der Waals surface area contributed by atoms with E-state index < -0.39 is 0 Å². The summed E-state index contributed by atoms with van der Waals surface area (Å²) in [5, 5.41) is 0. The summed E-state index contributed by atoms with van der Waals surface area (Å²) >= 11 is 0. The number of carbonyl (C=O) groups is 1. The Labute approximate surface area is 130 Å². The van der Waals surface area contributed by atoms with E-state index in [1.54, 1.807) is 0 Å². The number of rotatable bonds is 6. The second kappa shape index (κ2) is 7.34. The molecule has 1 fully saturated rings. The Morgan fingerprint density at radius 2 is 1.14 bits per heavy atom. The van der Waals surface area contributed by atoms with Gasteiger partial charge in [-0.05, 0) is 11.1 Å². The Kier molecular flexibility index (Phi) is 4.99. The highest BCUT2D eigenvalue weighted by Gasteiger charge is 2.34. The SMILES string of the molecule is O=C1C[C@@H](OCc2ccccc2)[C@H](OCc2ccccc2)C1. The molecule has 0 bridgehead atoms. The molecule has 0 aromatic heterocycles. The summed E-state index contributed by atoms with van der Waals surface area (Å²) in [4.78, 5) is 11.7. The van der Waals surface area contributed by atoms with Crippen LogP contribution in [0, 0.1) is 0 Å². The van der Waals surface area contributed by atoms with Crippen LogP contribution in [0.15, 0.2) is 60.7 Å². The molecular weight excluding hydrogens is 276 g/mol. The maximum atomic E-state index is 11.7. The van der Waals surface area contributed by atoms with Crippen LogP contribution < -0.4 is 0 Å². The molecule has 2 aromatic carbocycles. The predicted molar refractivity (Wildman–Crippen MR) is 84.3 cm³/mol. The monoisotopic (exact) mass is 296 g/mol. The molecule has 1 aliphatic rings. The number of hydrogen-bond donors (Lipinski definition) is 0.